The van der Waals surface area contributed by atoms with Gasteiger partial charge in [0.05, 0.1) is 19.6 Å². The largest absolute Gasteiger partial charge is 0.456 e. The molecule has 4 aliphatic carbocycles. The summed E-state index contributed by atoms with van der Waals surface area (Å²) in [6.07, 6.45) is 7.57. The van der Waals surface area contributed by atoms with E-state index in [1.165, 1.54) is 19.3 Å². The number of ether oxygens (including phenoxy) is 2. The molecule has 4 saturated carbocycles. The van der Waals surface area contributed by atoms with E-state index in [1.807, 2.05) is 24.3 Å². The van der Waals surface area contributed by atoms with Gasteiger partial charge >= 0.3 is 5.97 Å². The number of esters is 1. The van der Waals surface area contributed by atoms with Gasteiger partial charge in [-0.3, -0.25) is 9.59 Å². The molecule has 4 bridgehead atoms. The van der Waals surface area contributed by atoms with Gasteiger partial charge in [0.2, 0.25) is 0 Å². The first kappa shape index (κ1) is 21.3. The van der Waals surface area contributed by atoms with Crippen molar-refractivity contribution >= 4 is 39.2 Å². The molecule has 1 amide bonds. The Morgan fingerprint density at radius 2 is 1.77 bits per heavy atom. The average molecular weight is 491 g/mol. The molecule has 0 aromatic heterocycles. The van der Waals surface area contributed by atoms with Gasteiger partial charge in [0, 0.05) is 28.8 Å². The van der Waals surface area contributed by atoms with Crippen molar-refractivity contribution < 1.29 is 19.1 Å². The van der Waals surface area contributed by atoms with Crippen LogP contribution < -0.4 is 10.2 Å². The molecule has 7 heteroatoms. The number of halogens is 1. The highest BCUT2D eigenvalue weighted by Gasteiger charge is 2.57. The summed E-state index contributed by atoms with van der Waals surface area (Å²) >= 11 is 3.99. The summed E-state index contributed by atoms with van der Waals surface area (Å²) in [4.78, 5) is 27.1. The van der Waals surface area contributed by atoms with Crippen molar-refractivity contribution in [1.29, 1.82) is 0 Å². The molecule has 1 aliphatic heterocycles. The molecule has 4 atom stereocenters. The van der Waals surface area contributed by atoms with Crippen LogP contribution in [0.4, 0.5) is 11.4 Å². The van der Waals surface area contributed by atoms with Gasteiger partial charge < -0.3 is 19.7 Å². The van der Waals surface area contributed by atoms with Gasteiger partial charge in [0.25, 0.3) is 5.91 Å². The van der Waals surface area contributed by atoms with Crippen LogP contribution in [0.1, 0.15) is 44.9 Å². The number of rotatable bonds is 6. The molecular weight excluding hydrogens is 460 g/mol. The predicted octanol–water partition coefficient (Wildman–Crippen LogP) is 4.13. The Bertz CT molecular complexity index is 822. The molecule has 5 aliphatic rings. The van der Waals surface area contributed by atoms with E-state index in [9.17, 15) is 9.59 Å². The molecule has 1 heterocycles. The summed E-state index contributed by atoms with van der Waals surface area (Å²) in [7, 11) is 0. The second kappa shape index (κ2) is 8.39. The second-order valence-electron chi connectivity index (χ2n) is 10.1. The summed E-state index contributed by atoms with van der Waals surface area (Å²) in [6.45, 7) is 3.00. The Kier molecular flexibility index (Phi) is 5.76. The summed E-state index contributed by atoms with van der Waals surface area (Å²) in [5, 5.41) is 2.83. The Balaban J connectivity index is 1.10. The maximum Gasteiger partial charge on any atom is 0.306 e. The zero-order valence-corrected chi connectivity index (χ0v) is 19.5. The van der Waals surface area contributed by atoms with Crippen LogP contribution in [0.5, 0.6) is 0 Å². The lowest BCUT2D eigenvalue weighted by molar-refractivity contribution is -0.153. The van der Waals surface area contributed by atoms with Crippen LogP contribution in [0.3, 0.4) is 0 Å². The molecular formula is C24H31BrN2O4. The Morgan fingerprint density at radius 1 is 1.10 bits per heavy atom. The van der Waals surface area contributed by atoms with E-state index in [0.717, 1.165) is 63.1 Å². The lowest BCUT2D eigenvalue weighted by atomic mass is 9.49. The molecule has 1 saturated heterocycles. The number of carbonyl (C=O) groups is 2. The molecule has 6 rings (SSSR count). The summed E-state index contributed by atoms with van der Waals surface area (Å²) < 4.78 is 11.0. The lowest BCUT2D eigenvalue weighted by Crippen LogP contribution is -2.53. The van der Waals surface area contributed by atoms with Crippen molar-refractivity contribution in [3.05, 3.63) is 24.3 Å². The third-order valence-corrected chi connectivity index (χ3v) is 8.45. The molecule has 1 aromatic rings. The first-order chi connectivity index (χ1) is 14.9. The van der Waals surface area contributed by atoms with Gasteiger partial charge in [-0.05, 0) is 80.0 Å². The number of amides is 1. The average Bonchev–Trinajstić information content (AvgIpc) is 2.71. The minimum Gasteiger partial charge on any atom is -0.456 e. The fourth-order valence-corrected chi connectivity index (χ4v) is 8.33. The van der Waals surface area contributed by atoms with Gasteiger partial charge in [-0.15, -0.1) is 0 Å². The van der Waals surface area contributed by atoms with E-state index in [-0.39, 0.29) is 28.2 Å². The SMILES string of the molecule is O=C(COC(=O)CC12C[C@@H]3C[C@@H](CC(Br)(C3)C1)C2)Nc1ccc(N2CCOCC2)cc1. The van der Waals surface area contributed by atoms with Crippen LogP contribution in [0.2, 0.25) is 0 Å². The van der Waals surface area contributed by atoms with Crippen LogP contribution in [0, 0.1) is 17.3 Å². The number of alkyl halides is 1. The monoisotopic (exact) mass is 490 g/mol. The zero-order chi connectivity index (χ0) is 21.5. The number of morpholine rings is 1. The van der Waals surface area contributed by atoms with Crippen molar-refractivity contribution in [3.63, 3.8) is 0 Å². The maximum atomic E-state index is 12.6. The fourth-order valence-electron chi connectivity index (χ4n) is 6.82. The fraction of sp³-hybridized carbons (Fsp3) is 0.667. The molecule has 1 aromatic carbocycles. The molecule has 6 nitrogen and oxygen atoms in total. The standard InChI is InChI=1S/C24H31BrN2O4/c25-24-12-17-9-18(13-24)11-23(10-17,16-24)14-22(29)31-15-21(28)26-19-1-3-20(4-2-19)27-5-7-30-8-6-27/h1-4,17-18H,5-16H2,(H,26,28)/t17-,18+,23?,24?. The van der Waals surface area contributed by atoms with Crippen LogP contribution in [-0.4, -0.2) is 49.1 Å². The first-order valence-corrected chi connectivity index (χ1v) is 12.3. The van der Waals surface area contributed by atoms with Crippen LogP contribution in [-0.2, 0) is 19.1 Å². The Hall–Kier alpha value is -1.60. The van der Waals surface area contributed by atoms with Crippen LogP contribution in [0.15, 0.2) is 24.3 Å². The zero-order valence-electron chi connectivity index (χ0n) is 17.9. The molecule has 5 fully saturated rings. The smallest absolute Gasteiger partial charge is 0.306 e. The Morgan fingerprint density at radius 3 is 2.42 bits per heavy atom. The molecule has 31 heavy (non-hydrogen) atoms. The van der Waals surface area contributed by atoms with Crippen molar-refractivity contribution in [3.8, 4) is 0 Å². The molecule has 0 radical (unpaired) electrons. The first-order valence-electron chi connectivity index (χ1n) is 11.5. The number of hydrogen-bond acceptors (Lipinski definition) is 5. The van der Waals surface area contributed by atoms with Gasteiger partial charge in [-0.1, -0.05) is 15.9 Å². The molecule has 0 spiro atoms. The van der Waals surface area contributed by atoms with E-state index in [2.05, 4.69) is 26.1 Å². The van der Waals surface area contributed by atoms with E-state index in [4.69, 9.17) is 9.47 Å². The van der Waals surface area contributed by atoms with E-state index in [1.54, 1.807) is 0 Å². The third-order valence-electron chi connectivity index (χ3n) is 7.52. The minimum atomic E-state index is -0.296. The quantitative estimate of drug-likeness (QED) is 0.479. The number of anilines is 2. The summed E-state index contributed by atoms with van der Waals surface area (Å²) in [5.41, 5.74) is 1.89. The summed E-state index contributed by atoms with van der Waals surface area (Å²) in [6, 6.07) is 7.76. The predicted molar refractivity (Wildman–Crippen MR) is 122 cm³/mol. The summed E-state index contributed by atoms with van der Waals surface area (Å²) in [5.74, 6) is 0.931. The van der Waals surface area contributed by atoms with Crippen LogP contribution >= 0.6 is 15.9 Å². The third kappa shape index (κ3) is 4.77. The second-order valence-corrected chi connectivity index (χ2v) is 11.8. The van der Waals surface area contributed by atoms with E-state index < -0.39 is 0 Å². The number of benzene rings is 1. The number of carbonyl (C=O) groups excluding carboxylic acids is 2. The van der Waals surface area contributed by atoms with Crippen molar-refractivity contribution in [2.75, 3.05) is 43.1 Å². The van der Waals surface area contributed by atoms with E-state index in [0.29, 0.717) is 12.1 Å². The highest BCUT2D eigenvalue weighted by Crippen LogP contribution is 2.65. The van der Waals surface area contributed by atoms with Gasteiger partial charge in [0.1, 0.15) is 0 Å². The number of nitrogens with zero attached hydrogens (tertiary/aromatic N) is 1. The molecule has 168 valence electrons. The number of hydrogen-bond donors (Lipinski definition) is 1. The lowest BCUT2D eigenvalue weighted by Gasteiger charge is -2.60. The topological polar surface area (TPSA) is 67.9 Å². The highest BCUT2D eigenvalue weighted by atomic mass is 79.9. The number of nitrogens with one attached hydrogen (secondary N) is 1. The van der Waals surface area contributed by atoms with Gasteiger partial charge in [0.15, 0.2) is 6.61 Å². The Labute approximate surface area is 192 Å². The van der Waals surface area contributed by atoms with Crippen molar-refractivity contribution in [1.82, 2.24) is 0 Å². The maximum absolute atomic E-state index is 12.6. The highest BCUT2D eigenvalue weighted by molar-refractivity contribution is 9.10. The van der Waals surface area contributed by atoms with E-state index >= 15 is 0 Å². The van der Waals surface area contributed by atoms with Crippen molar-refractivity contribution in [2.24, 2.45) is 17.3 Å². The molecule has 1 N–H and O–H groups in total. The normalized spacial score (nSPS) is 33.9. The molecule has 2 unspecified atom stereocenters. The van der Waals surface area contributed by atoms with Gasteiger partial charge in [-0.2, -0.15) is 0 Å². The van der Waals surface area contributed by atoms with Gasteiger partial charge in [-0.25, -0.2) is 0 Å². The minimum absolute atomic E-state index is 0.0659. The van der Waals surface area contributed by atoms with Crippen LogP contribution in [0.25, 0.3) is 0 Å². The van der Waals surface area contributed by atoms with Crippen molar-refractivity contribution in [2.45, 2.75) is 49.3 Å².